The molecule has 25 heavy (non-hydrogen) atoms. The molecule has 0 saturated heterocycles. The Kier molecular flexibility index (Phi) is 4.27. The summed E-state index contributed by atoms with van der Waals surface area (Å²) >= 11 is 0. The van der Waals surface area contributed by atoms with E-state index in [0.717, 1.165) is 42.8 Å². The molecule has 2 aliphatic carbocycles. The zero-order chi connectivity index (χ0) is 17.4. The maximum atomic E-state index is 12.2. The molecule has 6 heteroatoms. The predicted octanol–water partition coefficient (Wildman–Crippen LogP) is 3.12. The zero-order valence-electron chi connectivity index (χ0n) is 14.9. The van der Waals surface area contributed by atoms with E-state index in [1.54, 1.807) is 10.7 Å². The van der Waals surface area contributed by atoms with Crippen molar-refractivity contribution in [3.05, 3.63) is 45.6 Å². The molecule has 2 saturated carbocycles. The molecule has 0 amide bonds. The summed E-state index contributed by atoms with van der Waals surface area (Å²) in [6.07, 6.45) is 6.34. The lowest BCUT2D eigenvalue weighted by atomic mass is 9.91. The summed E-state index contributed by atoms with van der Waals surface area (Å²) in [7, 11) is 0. The molecule has 1 N–H and O–H groups in total. The van der Waals surface area contributed by atoms with E-state index in [1.165, 1.54) is 12.8 Å². The van der Waals surface area contributed by atoms with E-state index >= 15 is 0 Å². The molecular formula is C19H25N5O. The minimum absolute atomic E-state index is 0.0263. The third-order valence-electron chi connectivity index (χ3n) is 5.20. The van der Waals surface area contributed by atoms with Crippen LogP contribution in [-0.4, -0.2) is 25.8 Å². The molecule has 2 aromatic heterocycles. The highest BCUT2D eigenvalue weighted by atomic mass is 16.1. The summed E-state index contributed by atoms with van der Waals surface area (Å²) in [6.45, 7) is 3.98. The van der Waals surface area contributed by atoms with E-state index in [-0.39, 0.29) is 11.6 Å². The second kappa shape index (κ2) is 6.58. The van der Waals surface area contributed by atoms with Gasteiger partial charge in [0.2, 0.25) is 5.95 Å². The van der Waals surface area contributed by atoms with Gasteiger partial charge in [-0.3, -0.25) is 4.79 Å². The van der Waals surface area contributed by atoms with E-state index in [2.05, 4.69) is 20.4 Å². The Morgan fingerprint density at radius 2 is 1.68 bits per heavy atom. The van der Waals surface area contributed by atoms with Gasteiger partial charge >= 0.3 is 0 Å². The number of aromatic nitrogens is 4. The van der Waals surface area contributed by atoms with E-state index in [0.29, 0.717) is 17.9 Å². The van der Waals surface area contributed by atoms with Crippen LogP contribution < -0.4 is 10.9 Å². The highest BCUT2D eigenvalue weighted by molar-refractivity contribution is 5.29. The molecule has 6 nitrogen and oxygen atoms in total. The largest absolute Gasteiger partial charge is 0.351 e. The second-order valence-corrected chi connectivity index (χ2v) is 7.44. The molecule has 2 aromatic rings. The van der Waals surface area contributed by atoms with Crippen LogP contribution in [0.3, 0.4) is 0 Å². The number of hydrogen-bond acceptors (Lipinski definition) is 5. The van der Waals surface area contributed by atoms with Crippen molar-refractivity contribution in [3.8, 4) is 0 Å². The van der Waals surface area contributed by atoms with Crippen LogP contribution in [0.2, 0.25) is 0 Å². The van der Waals surface area contributed by atoms with Gasteiger partial charge in [0, 0.05) is 29.4 Å². The molecule has 2 fully saturated rings. The van der Waals surface area contributed by atoms with E-state index in [4.69, 9.17) is 0 Å². The highest BCUT2D eigenvalue weighted by Gasteiger charge is 2.28. The third kappa shape index (κ3) is 3.72. The Morgan fingerprint density at radius 3 is 2.32 bits per heavy atom. The molecule has 0 radical (unpaired) electrons. The third-order valence-corrected chi connectivity index (χ3v) is 5.20. The first-order valence-electron chi connectivity index (χ1n) is 9.27. The second-order valence-electron chi connectivity index (χ2n) is 7.44. The van der Waals surface area contributed by atoms with Crippen molar-refractivity contribution in [3.63, 3.8) is 0 Å². The van der Waals surface area contributed by atoms with E-state index < -0.39 is 0 Å². The number of hydrogen-bond donors (Lipinski definition) is 1. The van der Waals surface area contributed by atoms with Gasteiger partial charge in [-0.25, -0.2) is 14.6 Å². The Hall–Kier alpha value is -2.24. The van der Waals surface area contributed by atoms with Crippen LogP contribution >= 0.6 is 0 Å². The maximum absolute atomic E-state index is 12.2. The van der Waals surface area contributed by atoms with Crippen LogP contribution in [0, 0.1) is 13.8 Å². The summed E-state index contributed by atoms with van der Waals surface area (Å²) in [4.78, 5) is 21.2. The summed E-state index contributed by atoms with van der Waals surface area (Å²) in [5, 5.41) is 8.11. The van der Waals surface area contributed by atoms with Crippen molar-refractivity contribution in [2.24, 2.45) is 0 Å². The number of nitrogens with zero attached hydrogens (tertiary/aromatic N) is 4. The summed E-state index contributed by atoms with van der Waals surface area (Å²) < 4.78 is 1.73. The highest BCUT2D eigenvalue weighted by Crippen LogP contribution is 2.38. The van der Waals surface area contributed by atoms with Crippen LogP contribution in [0.5, 0.6) is 0 Å². The predicted molar refractivity (Wildman–Crippen MR) is 96.9 cm³/mol. The van der Waals surface area contributed by atoms with Crippen LogP contribution in [0.15, 0.2) is 23.0 Å². The molecule has 132 valence electrons. The first kappa shape index (κ1) is 16.2. The van der Waals surface area contributed by atoms with Gasteiger partial charge in [-0.15, -0.1) is 0 Å². The molecular weight excluding hydrogens is 314 g/mol. The fraction of sp³-hybridized carbons (Fsp3) is 0.579. The van der Waals surface area contributed by atoms with Gasteiger partial charge in [0.1, 0.15) is 0 Å². The standard InChI is InChI=1S/C19H25N5O/c1-12-11-13(2)21-19(20-12)22-15-5-7-16(8-6-15)24-18(25)10-9-17(23-24)14-3-4-14/h9-11,14-16H,3-8H2,1-2H3,(H,20,21,22). The molecule has 0 bridgehead atoms. The summed E-state index contributed by atoms with van der Waals surface area (Å²) in [5.74, 6) is 1.29. The molecule has 2 aliphatic rings. The zero-order valence-corrected chi connectivity index (χ0v) is 14.9. The van der Waals surface area contributed by atoms with Gasteiger partial charge in [-0.2, -0.15) is 5.10 Å². The number of nitrogens with one attached hydrogen (secondary N) is 1. The summed E-state index contributed by atoms with van der Waals surface area (Å²) in [6, 6.07) is 6.15. The van der Waals surface area contributed by atoms with Crippen LogP contribution in [0.25, 0.3) is 0 Å². The monoisotopic (exact) mass is 339 g/mol. The maximum Gasteiger partial charge on any atom is 0.267 e. The van der Waals surface area contributed by atoms with Gasteiger partial charge in [0.15, 0.2) is 0 Å². The molecule has 0 spiro atoms. The van der Waals surface area contributed by atoms with Crippen molar-refractivity contribution in [2.45, 2.75) is 70.4 Å². The fourth-order valence-corrected chi connectivity index (χ4v) is 3.74. The van der Waals surface area contributed by atoms with Gasteiger partial charge in [-0.1, -0.05) is 0 Å². The summed E-state index contributed by atoms with van der Waals surface area (Å²) in [5.41, 5.74) is 3.08. The quantitative estimate of drug-likeness (QED) is 0.926. The van der Waals surface area contributed by atoms with Crippen molar-refractivity contribution in [1.82, 2.24) is 19.7 Å². The van der Waals surface area contributed by atoms with Gasteiger partial charge in [0.25, 0.3) is 5.56 Å². The Labute approximate surface area is 147 Å². The first-order chi connectivity index (χ1) is 12.1. The van der Waals surface area contributed by atoms with Crippen molar-refractivity contribution in [1.29, 1.82) is 0 Å². The SMILES string of the molecule is Cc1cc(C)nc(NC2CCC(n3nc(C4CC4)ccc3=O)CC2)n1. The Bertz CT molecular complexity index is 799. The Morgan fingerprint density at radius 1 is 1.00 bits per heavy atom. The van der Waals surface area contributed by atoms with E-state index in [9.17, 15) is 4.79 Å². The first-order valence-corrected chi connectivity index (χ1v) is 9.27. The van der Waals surface area contributed by atoms with Gasteiger partial charge < -0.3 is 5.32 Å². The normalized spacial score (nSPS) is 23.4. The van der Waals surface area contributed by atoms with Gasteiger partial charge in [-0.05, 0) is 64.5 Å². The molecule has 2 heterocycles. The average molecular weight is 339 g/mol. The van der Waals surface area contributed by atoms with Gasteiger partial charge in [0.05, 0.1) is 11.7 Å². The molecule has 0 aromatic carbocycles. The molecule has 0 atom stereocenters. The minimum atomic E-state index is 0.0263. The minimum Gasteiger partial charge on any atom is -0.351 e. The molecule has 0 unspecified atom stereocenters. The smallest absolute Gasteiger partial charge is 0.267 e. The number of rotatable bonds is 4. The van der Waals surface area contributed by atoms with Crippen LogP contribution in [0.4, 0.5) is 5.95 Å². The number of anilines is 1. The lowest BCUT2D eigenvalue weighted by Crippen LogP contribution is -2.33. The topological polar surface area (TPSA) is 72.7 Å². The van der Waals surface area contributed by atoms with Crippen molar-refractivity contribution >= 4 is 5.95 Å². The average Bonchev–Trinajstić information content (AvgIpc) is 3.40. The fourth-order valence-electron chi connectivity index (χ4n) is 3.74. The lowest BCUT2D eigenvalue weighted by molar-refractivity contribution is 0.301. The van der Waals surface area contributed by atoms with Crippen molar-refractivity contribution < 1.29 is 0 Å². The van der Waals surface area contributed by atoms with Crippen LogP contribution in [0.1, 0.15) is 67.6 Å². The van der Waals surface area contributed by atoms with Crippen LogP contribution in [-0.2, 0) is 0 Å². The Balaban J connectivity index is 1.41. The number of aryl methyl sites for hydroxylation is 2. The lowest BCUT2D eigenvalue weighted by Gasteiger charge is -2.29. The molecule has 0 aliphatic heterocycles. The van der Waals surface area contributed by atoms with E-state index in [1.807, 2.05) is 26.0 Å². The molecule has 4 rings (SSSR count). The van der Waals surface area contributed by atoms with Crippen molar-refractivity contribution in [2.75, 3.05) is 5.32 Å².